The number of furan rings is 1. The molecule has 3 aromatic heterocycles. The van der Waals surface area contributed by atoms with Gasteiger partial charge in [-0.25, -0.2) is 4.98 Å². The van der Waals surface area contributed by atoms with E-state index in [9.17, 15) is 5.26 Å². The molecule has 0 aliphatic heterocycles. The number of rotatable bonds is 2. The molecule has 3 heterocycles. The van der Waals surface area contributed by atoms with Crippen molar-refractivity contribution in [2.45, 2.75) is 0 Å². The SMILES string of the molecule is N#Cc1cc(-c2cccc(-n3c4ccccc4c4ccc5oc6ccccc6c5c43)c2)ccn1. The number of hydrogen-bond acceptors (Lipinski definition) is 3. The van der Waals surface area contributed by atoms with Gasteiger partial charge in [0, 0.05) is 28.0 Å². The van der Waals surface area contributed by atoms with Crippen LogP contribution in [0.5, 0.6) is 0 Å². The summed E-state index contributed by atoms with van der Waals surface area (Å²) in [4.78, 5) is 4.12. The van der Waals surface area contributed by atoms with E-state index in [-0.39, 0.29) is 0 Å². The number of benzene rings is 4. The molecule has 4 heteroatoms. The van der Waals surface area contributed by atoms with Crippen LogP contribution in [-0.4, -0.2) is 9.55 Å². The van der Waals surface area contributed by atoms with Gasteiger partial charge in [-0.3, -0.25) is 0 Å². The van der Waals surface area contributed by atoms with Crippen LogP contribution in [0.4, 0.5) is 0 Å². The number of nitriles is 1. The highest BCUT2D eigenvalue weighted by Crippen LogP contribution is 2.41. The van der Waals surface area contributed by atoms with Gasteiger partial charge in [-0.05, 0) is 59.7 Å². The molecule has 0 bridgehead atoms. The summed E-state index contributed by atoms with van der Waals surface area (Å²) in [6.45, 7) is 0. The Morgan fingerprint density at radius 1 is 0.706 bits per heavy atom. The van der Waals surface area contributed by atoms with E-state index in [1.54, 1.807) is 6.20 Å². The van der Waals surface area contributed by atoms with Gasteiger partial charge < -0.3 is 8.98 Å². The third kappa shape index (κ3) is 2.61. The molecular weight excluding hydrogens is 418 g/mol. The first-order valence-electron chi connectivity index (χ1n) is 11.1. The van der Waals surface area contributed by atoms with E-state index in [0.717, 1.165) is 49.8 Å². The Labute approximate surface area is 194 Å². The van der Waals surface area contributed by atoms with Gasteiger partial charge in [-0.15, -0.1) is 0 Å². The van der Waals surface area contributed by atoms with Crippen molar-refractivity contribution in [1.29, 1.82) is 5.26 Å². The molecule has 0 atom stereocenters. The van der Waals surface area contributed by atoms with E-state index < -0.39 is 0 Å². The number of nitrogens with zero attached hydrogens (tertiary/aromatic N) is 3. The van der Waals surface area contributed by atoms with Gasteiger partial charge >= 0.3 is 0 Å². The van der Waals surface area contributed by atoms with Crippen LogP contribution >= 0.6 is 0 Å². The third-order valence-corrected chi connectivity index (χ3v) is 6.49. The predicted octanol–water partition coefficient (Wildman–Crippen LogP) is 7.62. The molecule has 34 heavy (non-hydrogen) atoms. The number of pyridine rings is 1. The largest absolute Gasteiger partial charge is 0.456 e. The molecule has 4 nitrogen and oxygen atoms in total. The third-order valence-electron chi connectivity index (χ3n) is 6.49. The van der Waals surface area contributed by atoms with Crippen LogP contribution in [0.3, 0.4) is 0 Å². The quantitative estimate of drug-likeness (QED) is 0.281. The van der Waals surface area contributed by atoms with Crippen molar-refractivity contribution < 1.29 is 4.42 Å². The van der Waals surface area contributed by atoms with Gasteiger partial charge in [0.25, 0.3) is 0 Å². The van der Waals surface area contributed by atoms with Crippen LogP contribution in [0, 0.1) is 11.3 Å². The molecule has 7 aromatic rings. The zero-order valence-electron chi connectivity index (χ0n) is 18.1. The average molecular weight is 435 g/mol. The van der Waals surface area contributed by atoms with Crippen molar-refractivity contribution in [2.75, 3.05) is 0 Å². The summed E-state index contributed by atoms with van der Waals surface area (Å²) >= 11 is 0. The summed E-state index contributed by atoms with van der Waals surface area (Å²) in [6, 6.07) is 35.3. The first-order chi connectivity index (χ1) is 16.8. The molecule has 0 aliphatic carbocycles. The molecule has 0 fully saturated rings. The summed E-state index contributed by atoms with van der Waals surface area (Å²) in [5.74, 6) is 0. The maximum Gasteiger partial charge on any atom is 0.141 e. The number of para-hydroxylation sites is 2. The number of hydrogen-bond donors (Lipinski definition) is 0. The highest BCUT2D eigenvalue weighted by Gasteiger charge is 2.18. The number of fused-ring (bicyclic) bond motifs is 7. The Bertz CT molecular complexity index is 1930. The summed E-state index contributed by atoms with van der Waals surface area (Å²) in [6.07, 6.45) is 1.68. The van der Waals surface area contributed by atoms with E-state index in [0.29, 0.717) is 5.69 Å². The molecule has 7 rings (SSSR count). The lowest BCUT2D eigenvalue weighted by atomic mass is 10.1. The van der Waals surface area contributed by atoms with Crippen molar-refractivity contribution >= 4 is 43.7 Å². The van der Waals surface area contributed by atoms with Gasteiger partial charge in [0.05, 0.1) is 16.4 Å². The first kappa shape index (κ1) is 18.7. The Hall–Kier alpha value is -4.88. The Morgan fingerprint density at radius 3 is 2.44 bits per heavy atom. The van der Waals surface area contributed by atoms with Crippen LogP contribution in [0.25, 0.3) is 60.6 Å². The summed E-state index contributed by atoms with van der Waals surface area (Å²) < 4.78 is 8.54. The van der Waals surface area contributed by atoms with Crippen molar-refractivity contribution in [2.24, 2.45) is 0 Å². The standard InChI is InChI=1S/C30H17N3O/c31-18-21-16-20(14-15-32-21)19-6-5-7-22(17-19)33-26-10-3-1-8-23(26)24-12-13-28-29(30(24)33)25-9-2-4-11-27(25)34-28/h1-17H. The second-order valence-corrected chi connectivity index (χ2v) is 8.38. The second-order valence-electron chi connectivity index (χ2n) is 8.38. The number of aromatic nitrogens is 2. The zero-order valence-corrected chi connectivity index (χ0v) is 18.1. The summed E-state index contributed by atoms with van der Waals surface area (Å²) in [5, 5.41) is 13.9. The second kappa shape index (κ2) is 7.06. The predicted molar refractivity (Wildman–Crippen MR) is 136 cm³/mol. The minimum Gasteiger partial charge on any atom is -0.456 e. The fourth-order valence-corrected chi connectivity index (χ4v) is 5.03. The minimum absolute atomic E-state index is 0.409. The lowest BCUT2D eigenvalue weighted by Crippen LogP contribution is -1.95. The molecule has 0 amide bonds. The normalized spacial score (nSPS) is 11.5. The van der Waals surface area contributed by atoms with Crippen LogP contribution in [0.2, 0.25) is 0 Å². The Balaban J connectivity index is 1.61. The average Bonchev–Trinajstić information content (AvgIpc) is 3.44. The van der Waals surface area contributed by atoms with E-state index in [1.807, 2.05) is 24.3 Å². The molecule has 0 saturated carbocycles. The summed E-state index contributed by atoms with van der Waals surface area (Å²) in [5.41, 5.74) is 7.49. The van der Waals surface area contributed by atoms with Crippen LogP contribution in [-0.2, 0) is 0 Å². The molecule has 0 N–H and O–H groups in total. The highest BCUT2D eigenvalue weighted by atomic mass is 16.3. The topological polar surface area (TPSA) is 54.8 Å². The Morgan fingerprint density at radius 2 is 1.53 bits per heavy atom. The van der Waals surface area contributed by atoms with E-state index in [2.05, 4.69) is 88.4 Å². The molecule has 0 unspecified atom stereocenters. The van der Waals surface area contributed by atoms with Crippen molar-refractivity contribution in [3.8, 4) is 22.9 Å². The smallest absolute Gasteiger partial charge is 0.141 e. The first-order valence-corrected chi connectivity index (χ1v) is 11.1. The maximum absolute atomic E-state index is 9.29. The fraction of sp³-hybridized carbons (Fsp3) is 0. The van der Waals surface area contributed by atoms with Gasteiger partial charge in [-0.2, -0.15) is 5.26 Å². The highest BCUT2D eigenvalue weighted by molar-refractivity contribution is 6.24. The minimum atomic E-state index is 0.409. The lowest BCUT2D eigenvalue weighted by molar-refractivity contribution is 0.669. The molecule has 158 valence electrons. The molecule has 0 aliphatic rings. The van der Waals surface area contributed by atoms with Gasteiger partial charge in [0.15, 0.2) is 0 Å². The van der Waals surface area contributed by atoms with Crippen molar-refractivity contribution in [3.05, 3.63) is 109 Å². The van der Waals surface area contributed by atoms with E-state index >= 15 is 0 Å². The molecule has 0 spiro atoms. The maximum atomic E-state index is 9.29. The lowest BCUT2D eigenvalue weighted by Gasteiger charge is -2.11. The zero-order chi connectivity index (χ0) is 22.6. The van der Waals surface area contributed by atoms with Crippen molar-refractivity contribution in [3.63, 3.8) is 0 Å². The Kier molecular flexibility index (Phi) is 3.88. The van der Waals surface area contributed by atoms with E-state index in [1.165, 1.54) is 10.8 Å². The molecule has 0 saturated heterocycles. The van der Waals surface area contributed by atoms with Gasteiger partial charge in [0.2, 0.25) is 0 Å². The molecular formula is C30H17N3O. The van der Waals surface area contributed by atoms with Gasteiger partial charge in [0.1, 0.15) is 22.9 Å². The fourth-order valence-electron chi connectivity index (χ4n) is 5.03. The van der Waals surface area contributed by atoms with Crippen LogP contribution in [0.1, 0.15) is 5.69 Å². The van der Waals surface area contributed by atoms with E-state index in [4.69, 9.17) is 4.42 Å². The monoisotopic (exact) mass is 435 g/mol. The van der Waals surface area contributed by atoms with Crippen LogP contribution in [0.15, 0.2) is 108 Å². The van der Waals surface area contributed by atoms with Crippen LogP contribution < -0.4 is 0 Å². The van der Waals surface area contributed by atoms with Crippen molar-refractivity contribution in [1.82, 2.24) is 9.55 Å². The van der Waals surface area contributed by atoms with Gasteiger partial charge in [-0.1, -0.05) is 48.5 Å². The molecule has 4 aromatic carbocycles. The molecule has 0 radical (unpaired) electrons. The summed E-state index contributed by atoms with van der Waals surface area (Å²) in [7, 11) is 0.